The second-order valence-corrected chi connectivity index (χ2v) is 5.97. The molecule has 0 N–H and O–H groups in total. The summed E-state index contributed by atoms with van der Waals surface area (Å²) < 4.78 is 0. The molecule has 0 saturated carbocycles. The van der Waals surface area contributed by atoms with Gasteiger partial charge in [0.1, 0.15) is 0 Å². The van der Waals surface area contributed by atoms with E-state index in [0.29, 0.717) is 6.04 Å². The summed E-state index contributed by atoms with van der Waals surface area (Å²) in [5.74, 6) is 1.69. The fourth-order valence-electron chi connectivity index (χ4n) is 2.73. The average Bonchev–Trinajstić information content (AvgIpc) is 2.46. The Hall–Kier alpha value is -0.0800. The Balaban J connectivity index is 2.59. The third kappa shape index (κ3) is 3.46. The lowest BCUT2D eigenvalue weighted by molar-refractivity contribution is 0.224. The summed E-state index contributed by atoms with van der Waals surface area (Å²) in [6.07, 6.45) is 1.37. The van der Waals surface area contributed by atoms with Gasteiger partial charge < -0.3 is 4.90 Å². The number of likely N-dealkylation sites (N-methyl/N-ethyl adjacent to an activating group) is 1. The molecule has 2 unspecified atom stereocenters. The minimum absolute atomic E-state index is 0.699. The van der Waals surface area contributed by atoms with Crippen molar-refractivity contribution in [1.82, 2.24) is 9.80 Å². The molecule has 90 valence electrons. The molecule has 0 bridgehead atoms. The lowest BCUT2D eigenvalue weighted by Crippen LogP contribution is -2.36. The third-order valence-corrected chi connectivity index (χ3v) is 3.60. The summed E-state index contributed by atoms with van der Waals surface area (Å²) in [4.78, 5) is 5.03. The van der Waals surface area contributed by atoms with Crippen molar-refractivity contribution in [1.29, 1.82) is 0 Å². The van der Waals surface area contributed by atoms with Crippen LogP contribution in [0.2, 0.25) is 0 Å². The van der Waals surface area contributed by atoms with Crippen molar-refractivity contribution in [3.63, 3.8) is 0 Å². The molecule has 0 aromatic heterocycles. The van der Waals surface area contributed by atoms with Crippen LogP contribution in [0, 0.1) is 11.8 Å². The fourth-order valence-corrected chi connectivity index (χ4v) is 2.73. The third-order valence-electron chi connectivity index (χ3n) is 3.60. The molecule has 1 aliphatic heterocycles. The average molecular weight is 212 g/mol. The van der Waals surface area contributed by atoms with Crippen molar-refractivity contribution in [2.75, 3.05) is 27.2 Å². The second kappa shape index (κ2) is 5.31. The van der Waals surface area contributed by atoms with Crippen LogP contribution in [0.15, 0.2) is 0 Å². The van der Waals surface area contributed by atoms with E-state index >= 15 is 0 Å². The Bertz CT molecular complexity index is 187. The first-order valence-corrected chi connectivity index (χ1v) is 6.32. The van der Waals surface area contributed by atoms with Crippen LogP contribution in [-0.4, -0.2) is 49.1 Å². The minimum atomic E-state index is 0.699. The molecule has 0 spiro atoms. The van der Waals surface area contributed by atoms with Gasteiger partial charge in [-0.25, -0.2) is 0 Å². The van der Waals surface area contributed by atoms with Gasteiger partial charge in [0.15, 0.2) is 0 Å². The summed E-state index contributed by atoms with van der Waals surface area (Å²) in [6.45, 7) is 11.8. The van der Waals surface area contributed by atoms with Gasteiger partial charge in [-0.2, -0.15) is 0 Å². The Morgan fingerprint density at radius 1 is 1.13 bits per heavy atom. The Kier molecular flexibility index (Phi) is 4.60. The first-order chi connectivity index (χ1) is 6.91. The molecule has 1 rings (SSSR count). The molecule has 0 radical (unpaired) electrons. The summed E-state index contributed by atoms with van der Waals surface area (Å²) >= 11 is 0. The largest absolute Gasteiger partial charge is 0.305 e. The number of nitrogens with zero attached hydrogens (tertiary/aromatic N) is 2. The van der Waals surface area contributed by atoms with E-state index in [4.69, 9.17) is 0 Å². The first kappa shape index (κ1) is 13.0. The Morgan fingerprint density at radius 2 is 1.73 bits per heavy atom. The second-order valence-electron chi connectivity index (χ2n) is 5.97. The molecular formula is C13H28N2. The molecule has 0 amide bonds. The highest BCUT2D eigenvalue weighted by Gasteiger charge is 2.34. The molecule has 1 saturated heterocycles. The van der Waals surface area contributed by atoms with Crippen molar-refractivity contribution in [2.45, 2.75) is 46.2 Å². The van der Waals surface area contributed by atoms with Gasteiger partial charge in [-0.15, -0.1) is 0 Å². The quantitative estimate of drug-likeness (QED) is 0.705. The van der Waals surface area contributed by atoms with Crippen LogP contribution in [-0.2, 0) is 0 Å². The summed E-state index contributed by atoms with van der Waals surface area (Å²) in [5.41, 5.74) is 0. The van der Waals surface area contributed by atoms with Crippen LogP contribution < -0.4 is 0 Å². The molecule has 15 heavy (non-hydrogen) atoms. The zero-order valence-corrected chi connectivity index (χ0v) is 11.3. The van der Waals surface area contributed by atoms with E-state index in [1.54, 1.807) is 0 Å². The van der Waals surface area contributed by atoms with Gasteiger partial charge in [0.05, 0.1) is 0 Å². The van der Waals surface area contributed by atoms with Gasteiger partial charge in [0, 0.05) is 25.2 Å². The number of hydrogen-bond acceptors (Lipinski definition) is 2. The molecule has 1 heterocycles. The highest BCUT2D eigenvalue weighted by Crippen LogP contribution is 2.27. The predicted molar refractivity (Wildman–Crippen MR) is 67.1 cm³/mol. The van der Waals surface area contributed by atoms with E-state index in [1.807, 2.05) is 0 Å². The first-order valence-electron chi connectivity index (χ1n) is 6.32. The molecule has 0 aromatic carbocycles. The van der Waals surface area contributed by atoms with Crippen molar-refractivity contribution in [2.24, 2.45) is 11.8 Å². The van der Waals surface area contributed by atoms with Crippen molar-refractivity contribution in [3.8, 4) is 0 Å². The minimum Gasteiger partial charge on any atom is -0.305 e. The van der Waals surface area contributed by atoms with Crippen LogP contribution in [0.1, 0.15) is 34.1 Å². The summed E-state index contributed by atoms with van der Waals surface area (Å²) in [7, 11) is 4.45. The number of likely N-dealkylation sites (tertiary alicyclic amines) is 1. The van der Waals surface area contributed by atoms with Crippen LogP contribution in [0.25, 0.3) is 0 Å². The Labute approximate surface area is 95.6 Å². The lowest BCUT2D eigenvalue weighted by Gasteiger charge is -2.26. The van der Waals surface area contributed by atoms with E-state index < -0.39 is 0 Å². The normalized spacial score (nSPS) is 28.6. The fraction of sp³-hybridized carbons (Fsp3) is 1.00. The molecule has 0 aromatic rings. The summed E-state index contributed by atoms with van der Waals surface area (Å²) in [5, 5.41) is 0. The maximum absolute atomic E-state index is 2.62. The lowest BCUT2D eigenvalue weighted by atomic mass is 9.92. The Morgan fingerprint density at radius 3 is 2.13 bits per heavy atom. The standard InChI is InChI=1S/C13H28N2/c1-10(2)7-12-8-15(11(3)4)9-13(12)14(5)6/h10-13H,7-9H2,1-6H3. The highest BCUT2D eigenvalue weighted by atomic mass is 15.3. The molecule has 1 aliphatic rings. The van der Waals surface area contributed by atoms with Crippen LogP contribution in [0.4, 0.5) is 0 Å². The van der Waals surface area contributed by atoms with E-state index in [9.17, 15) is 0 Å². The van der Waals surface area contributed by atoms with Crippen molar-refractivity contribution in [3.05, 3.63) is 0 Å². The SMILES string of the molecule is CC(C)CC1CN(C(C)C)CC1N(C)C. The van der Waals surface area contributed by atoms with Gasteiger partial charge in [-0.3, -0.25) is 4.90 Å². The van der Waals surface area contributed by atoms with Crippen LogP contribution in [0.5, 0.6) is 0 Å². The van der Waals surface area contributed by atoms with Gasteiger partial charge in [0.2, 0.25) is 0 Å². The van der Waals surface area contributed by atoms with Crippen molar-refractivity contribution >= 4 is 0 Å². The van der Waals surface area contributed by atoms with Gasteiger partial charge in [-0.05, 0) is 46.2 Å². The van der Waals surface area contributed by atoms with E-state index in [1.165, 1.54) is 19.5 Å². The van der Waals surface area contributed by atoms with E-state index in [0.717, 1.165) is 17.9 Å². The van der Waals surface area contributed by atoms with Crippen molar-refractivity contribution < 1.29 is 0 Å². The number of rotatable bonds is 4. The molecular weight excluding hydrogens is 184 g/mol. The predicted octanol–water partition coefficient (Wildman–Crippen LogP) is 2.30. The molecule has 2 atom stereocenters. The van der Waals surface area contributed by atoms with E-state index in [-0.39, 0.29) is 0 Å². The van der Waals surface area contributed by atoms with Crippen LogP contribution in [0.3, 0.4) is 0 Å². The zero-order chi connectivity index (χ0) is 11.6. The molecule has 1 fully saturated rings. The van der Waals surface area contributed by atoms with Gasteiger partial charge in [-0.1, -0.05) is 13.8 Å². The molecule has 2 nitrogen and oxygen atoms in total. The van der Waals surface area contributed by atoms with Gasteiger partial charge >= 0.3 is 0 Å². The maximum Gasteiger partial charge on any atom is 0.0257 e. The monoisotopic (exact) mass is 212 g/mol. The van der Waals surface area contributed by atoms with E-state index in [2.05, 4.69) is 51.6 Å². The maximum atomic E-state index is 2.62. The van der Waals surface area contributed by atoms with Crippen LogP contribution >= 0.6 is 0 Å². The summed E-state index contributed by atoms with van der Waals surface area (Å²) in [6, 6.07) is 1.46. The number of hydrogen-bond donors (Lipinski definition) is 0. The zero-order valence-electron chi connectivity index (χ0n) is 11.3. The highest BCUT2D eigenvalue weighted by molar-refractivity contribution is 4.90. The molecule has 2 heteroatoms. The molecule has 0 aliphatic carbocycles. The smallest absolute Gasteiger partial charge is 0.0257 e. The van der Waals surface area contributed by atoms with Gasteiger partial charge in [0.25, 0.3) is 0 Å². The topological polar surface area (TPSA) is 6.48 Å².